The van der Waals surface area contributed by atoms with E-state index < -0.39 is 5.72 Å². The van der Waals surface area contributed by atoms with Crippen molar-refractivity contribution in [2.75, 3.05) is 5.06 Å². The van der Waals surface area contributed by atoms with Crippen molar-refractivity contribution in [3.8, 4) is 0 Å². The average Bonchev–Trinajstić information content (AvgIpc) is 2.84. The quantitative estimate of drug-likeness (QED) is 0.832. The van der Waals surface area contributed by atoms with E-state index in [9.17, 15) is 4.79 Å². The summed E-state index contributed by atoms with van der Waals surface area (Å²) in [5.74, 6) is -0.0669. The summed E-state index contributed by atoms with van der Waals surface area (Å²) in [6.45, 7) is 2.51. The number of hydroxylamine groups is 1. The van der Waals surface area contributed by atoms with Gasteiger partial charge in [0.1, 0.15) is 0 Å². The Labute approximate surface area is 129 Å². The molecule has 0 bridgehead atoms. The summed E-state index contributed by atoms with van der Waals surface area (Å²) in [4.78, 5) is 18.0. The van der Waals surface area contributed by atoms with E-state index in [0.717, 1.165) is 11.3 Å². The van der Waals surface area contributed by atoms with E-state index >= 15 is 0 Å². The van der Waals surface area contributed by atoms with Gasteiger partial charge in [0.2, 0.25) is 0 Å². The number of para-hydroxylation sites is 1. The highest BCUT2D eigenvalue weighted by atomic mass is 16.7. The van der Waals surface area contributed by atoms with E-state index in [4.69, 9.17) is 4.84 Å². The topological polar surface area (TPSA) is 53.6 Å². The second-order valence-electron chi connectivity index (χ2n) is 5.49. The summed E-state index contributed by atoms with van der Waals surface area (Å²) < 4.78 is 0. The minimum atomic E-state index is -0.762. The van der Waals surface area contributed by atoms with Crippen molar-refractivity contribution in [3.63, 3.8) is 0 Å². The van der Waals surface area contributed by atoms with Crippen LogP contribution in [0.25, 0.3) is 0 Å². The molecule has 0 aliphatic carbocycles. The summed E-state index contributed by atoms with van der Waals surface area (Å²) in [7, 11) is 0. The lowest BCUT2D eigenvalue weighted by Crippen LogP contribution is -2.50. The minimum absolute atomic E-state index is 0.0669. The van der Waals surface area contributed by atoms with Crippen molar-refractivity contribution in [1.29, 1.82) is 0 Å². The fourth-order valence-corrected chi connectivity index (χ4v) is 2.40. The Bertz CT molecular complexity index is 633. The number of hydrogen-bond donors (Lipinski definition) is 2. The zero-order valence-corrected chi connectivity index (χ0v) is 12.5. The highest BCUT2D eigenvalue weighted by Gasteiger charge is 2.41. The van der Waals surface area contributed by atoms with Crippen LogP contribution in [0, 0.1) is 0 Å². The van der Waals surface area contributed by atoms with Crippen molar-refractivity contribution in [1.82, 2.24) is 10.9 Å². The standard InChI is InChI=1S/C17H19N3O2/c1-17(19-18-13-14-8-4-2-5-9-14)12-16(21)20(22-17)15-10-6-3-7-11-15/h2-11,18-19H,12-13H2,1H3. The zero-order chi connectivity index (χ0) is 15.4. The first kappa shape index (κ1) is 14.7. The van der Waals surface area contributed by atoms with Gasteiger partial charge in [-0.15, -0.1) is 0 Å². The van der Waals surface area contributed by atoms with Gasteiger partial charge in [-0.25, -0.2) is 10.3 Å². The molecule has 0 spiro atoms. The van der Waals surface area contributed by atoms with Gasteiger partial charge in [-0.05, 0) is 24.6 Å². The van der Waals surface area contributed by atoms with Crippen LogP contribution in [-0.2, 0) is 16.2 Å². The highest BCUT2D eigenvalue weighted by Crippen LogP contribution is 2.28. The molecule has 0 radical (unpaired) electrons. The molecule has 1 aliphatic rings. The number of rotatable bonds is 5. The van der Waals surface area contributed by atoms with Gasteiger partial charge in [-0.2, -0.15) is 5.06 Å². The fraction of sp³-hybridized carbons (Fsp3) is 0.235. The van der Waals surface area contributed by atoms with Crippen LogP contribution >= 0.6 is 0 Å². The molecule has 0 aromatic heterocycles. The lowest BCUT2D eigenvalue weighted by atomic mass is 10.2. The predicted molar refractivity (Wildman–Crippen MR) is 84.5 cm³/mol. The van der Waals surface area contributed by atoms with Gasteiger partial charge < -0.3 is 0 Å². The second-order valence-corrected chi connectivity index (χ2v) is 5.49. The number of hydrazine groups is 1. The number of nitrogens with one attached hydrogen (secondary N) is 2. The van der Waals surface area contributed by atoms with E-state index in [2.05, 4.69) is 10.9 Å². The van der Waals surface area contributed by atoms with Crippen LogP contribution in [0.15, 0.2) is 60.7 Å². The van der Waals surface area contributed by atoms with Crippen molar-refractivity contribution in [3.05, 3.63) is 66.2 Å². The van der Waals surface area contributed by atoms with Crippen LogP contribution in [0.3, 0.4) is 0 Å². The normalized spacial score (nSPS) is 21.3. The Hall–Kier alpha value is -2.21. The average molecular weight is 297 g/mol. The first-order valence-corrected chi connectivity index (χ1v) is 7.27. The van der Waals surface area contributed by atoms with Gasteiger partial charge in [0.05, 0.1) is 12.1 Å². The number of amides is 1. The molecule has 3 rings (SSSR count). The number of hydrogen-bond acceptors (Lipinski definition) is 4. The van der Waals surface area contributed by atoms with E-state index in [-0.39, 0.29) is 12.3 Å². The van der Waals surface area contributed by atoms with E-state index in [1.54, 1.807) is 0 Å². The van der Waals surface area contributed by atoms with Gasteiger partial charge in [0.25, 0.3) is 5.91 Å². The molecule has 1 aliphatic heterocycles. The molecule has 1 atom stereocenters. The molecule has 114 valence electrons. The minimum Gasteiger partial charge on any atom is -0.272 e. The zero-order valence-electron chi connectivity index (χ0n) is 12.5. The molecule has 5 heteroatoms. The van der Waals surface area contributed by atoms with Gasteiger partial charge in [0.15, 0.2) is 5.72 Å². The maximum Gasteiger partial charge on any atom is 0.255 e. The molecule has 2 N–H and O–H groups in total. The third-order valence-corrected chi connectivity index (χ3v) is 3.49. The molecule has 1 heterocycles. The van der Waals surface area contributed by atoms with Crippen LogP contribution in [0.2, 0.25) is 0 Å². The molecule has 1 unspecified atom stereocenters. The lowest BCUT2D eigenvalue weighted by Gasteiger charge is -2.25. The smallest absolute Gasteiger partial charge is 0.255 e. The van der Waals surface area contributed by atoms with Crippen LogP contribution in [-0.4, -0.2) is 11.6 Å². The van der Waals surface area contributed by atoms with Gasteiger partial charge in [-0.1, -0.05) is 48.5 Å². The van der Waals surface area contributed by atoms with E-state index in [0.29, 0.717) is 6.54 Å². The summed E-state index contributed by atoms with van der Waals surface area (Å²) in [5.41, 5.74) is 7.36. The third-order valence-electron chi connectivity index (χ3n) is 3.49. The molecule has 5 nitrogen and oxygen atoms in total. The lowest BCUT2D eigenvalue weighted by molar-refractivity contribution is -0.119. The van der Waals surface area contributed by atoms with E-state index in [1.165, 1.54) is 5.06 Å². The number of nitrogens with zero attached hydrogens (tertiary/aromatic N) is 1. The van der Waals surface area contributed by atoms with Gasteiger partial charge in [-0.3, -0.25) is 10.2 Å². The molecule has 2 aromatic carbocycles. The predicted octanol–water partition coefficient (Wildman–Crippen LogP) is 2.37. The van der Waals surface area contributed by atoms with Gasteiger partial charge in [0, 0.05) is 6.54 Å². The van der Waals surface area contributed by atoms with Crippen molar-refractivity contribution < 1.29 is 9.63 Å². The number of carbonyl (C=O) groups excluding carboxylic acids is 1. The van der Waals surface area contributed by atoms with Crippen LogP contribution in [0.4, 0.5) is 5.69 Å². The third kappa shape index (κ3) is 3.33. The molecule has 0 saturated carbocycles. The van der Waals surface area contributed by atoms with Crippen LogP contribution in [0.1, 0.15) is 18.9 Å². The maximum absolute atomic E-state index is 12.2. The number of anilines is 1. The second kappa shape index (κ2) is 6.27. The first-order valence-electron chi connectivity index (χ1n) is 7.27. The maximum atomic E-state index is 12.2. The number of benzene rings is 2. The molecule has 1 saturated heterocycles. The summed E-state index contributed by atoms with van der Waals surface area (Å²) >= 11 is 0. The molecule has 1 amide bonds. The van der Waals surface area contributed by atoms with E-state index in [1.807, 2.05) is 67.6 Å². The number of carbonyl (C=O) groups is 1. The molecular formula is C17H19N3O2. The summed E-state index contributed by atoms with van der Waals surface area (Å²) in [6, 6.07) is 19.4. The molecule has 22 heavy (non-hydrogen) atoms. The summed E-state index contributed by atoms with van der Waals surface area (Å²) in [6.07, 6.45) is 0.268. The molecule has 2 aromatic rings. The first-order chi connectivity index (χ1) is 10.7. The van der Waals surface area contributed by atoms with Crippen LogP contribution < -0.4 is 15.9 Å². The largest absolute Gasteiger partial charge is 0.272 e. The Balaban J connectivity index is 1.59. The Morgan fingerprint density at radius 2 is 1.73 bits per heavy atom. The van der Waals surface area contributed by atoms with Crippen molar-refractivity contribution in [2.45, 2.75) is 25.6 Å². The highest BCUT2D eigenvalue weighted by molar-refractivity contribution is 5.93. The fourth-order valence-electron chi connectivity index (χ4n) is 2.40. The van der Waals surface area contributed by atoms with Crippen LogP contribution in [0.5, 0.6) is 0 Å². The molecular weight excluding hydrogens is 278 g/mol. The summed E-state index contributed by atoms with van der Waals surface area (Å²) in [5, 5.41) is 1.34. The van der Waals surface area contributed by atoms with Crippen molar-refractivity contribution >= 4 is 11.6 Å². The molecule has 1 fully saturated rings. The Morgan fingerprint density at radius 1 is 1.09 bits per heavy atom. The van der Waals surface area contributed by atoms with Gasteiger partial charge >= 0.3 is 0 Å². The monoisotopic (exact) mass is 297 g/mol. The Morgan fingerprint density at radius 3 is 2.41 bits per heavy atom. The Kier molecular flexibility index (Phi) is 4.20. The van der Waals surface area contributed by atoms with Crippen molar-refractivity contribution in [2.24, 2.45) is 0 Å². The SMILES string of the molecule is CC1(NNCc2ccccc2)CC(=O)N(c2ccccc2)O1.